The number of nitrogens with zero attached hydrogens (tertiary/aromatic N) is 4. The summed E-state index contributed by atoms with van der Waals surface area (Å²) in [5, 5.41) is 18.0. The van der Waals surface area contributed by atoms with Crippen LogP contribution in [0, 0.1) is 24.0 Å². The lowest BCUT2D eigenvalue weighted by Gasteiger charge is -2.06. The normalized spacial score (nSPS) is 10.4. The van der Waals surface area contributed by atoms with E-state index in [-0.39, 0.29) is 5.69 Å². The lowest BCUT2D eigenvalue weighted by atomic mass is 10.2. The van der Waals surface area contributed by atoms with Crippen molar-refractivity contribution in [2.75, 3.05) is 11.9 Å². The fourth-order valence-electron chi connectivity index (χ4n) is 1.69. The van der Waals surface area contributed by atoms with Crippen LogP contribution in [0.1, 0.15) is 11.1 Å². The molecule has 0 saturated heterocycles. The van der Waals surface area contributed by atoms with Gasteiger partial charge in [0.05, 0.1) is 23.7 Å². The molecule has 7 nitrogen and oxygen atoms in total. The van der Waals surface area contributed by atoms with E-state index in [2.05, 4.69) is 15.4 Å². The summed E-state index contributed by atoms with van der Waals surface area (Å²) in [7, 11) is 0. The van der Waals surface area contributed by atoms with Crippen molar-refractivity contribution in [2.24, 2.45) is 0 Å². The Balaban J connectivity index is 1.96. The highest BCUT2D eigenvalue weighted by Gasteiger charge is 2.11. The second-order valence-corrected chi connectivity index (χ2v) is 4.32. The fraction of sp³-hybridized carbons (Fsp3) is 0.333. The molecule has 0 fully saturated rings. The monoisotopic (exact) mass is 261 g/mol. The predicted octanol–water partition coefficient (Wildman–Crippen LogP) is 1.92. The molecule has 7 heteroatoms. The molecule has 0 radical (unpaired) electrons. The Morgan fingerprint density at radius 2 is 2.21 bits per heavy atom. The van der Waals surface area contributed by atoms with Gasteiger partial charge in [-0.15, -0.1) is 0 Å². The quantitative estimate of drug-likeness (QED) is 0.656. The lowest BCUT2D eigenvalue weighted by molar-refractivity contribution is -0.385. The molecule has 0 aliphatic rings. The number of nitrogens with one attached hydrogen (secondary N) is 1. The van der Waals surface area contributed by atoms with Crippen LogP contribution in [0.25, 0.3) is 0 Å². The molecule has 0 atom stereocenters. The van der Waals surface area contributed by atoms with Gasteiger partial charge in [-0.1, -0.05) is 0 Å². The van der Waals surface area contributed by atoms with Gasteiger partial charge in [0.2, 0.25) is 0 Å². The Hall–Kier alpha value is -2.44. The maximum Gasteiger partial charge on any atom is 0.277 e. The van der Waals surface area contributed by atoms with Crippen molar-refractivity contribution in [3.05, 3.63) is 45.9 Å². The van der Waals surface area contributed by atoms with Crippen molar-refractivity contribution in [3.63, 3.8) is 0 Å². The third-order valence-electron chi connectivity index (χ3n) is 2.68. The average Bonchev–Trinajstić information content (AvgIpc) is 2.77. The van der Waals surface area contributed by atoms with Crippen LogP contribution in [-0.2, 0) is 6.54 Å². The summed E-state index contributed by atoms with van der Waals surface area (Å²) in [5.41, 5.74) is 1.73. The summed E-state index contributed by atoms with van der Waals surface area (Å²) in [6.45, 7) is 4.93. The van der Waals surface area contributed by atoms with Gasteiger partial charge in [0.1, 0.15) is 5.82 Å². The van der Waals surface area contributed by atoms with Gasteiger partial charge in [0, 0.05) is 24.5 Å². The molecule has 0 aliphatic carbocycles. The van der Waals surface area contributed by atoms with Gasteiger partial charge < -0.3 is 5.32 Å². The molecular formula is C12H15N5O2. The molecule has 0 unspecified atom stereocenters. The number of aromatic nitrogens is 3. The summed E-state index contributed by atoms with van der Waals surface area (Å²) >= 11 is 0. The summed E-state index contributed by atoms with van der Waals surface area (Å²) in [5.74, 6) is 0.501. The van der Waals surface area contributed by atoms with Crippen molar-refractivity contribution < 1.29 is 4.92 Å². The Morgan fingerprint density at radius 1 is 1.42 bits per heavy atom. The Bertz CT molecular complexity index is 594. The van der Waals surface area contributed by atoms with Gasteiger partial charge in [-0.3, -0.25) is 14.8 Å². The summed E-state index contributed by atoms with van der Waals surface area (Å²) in [6, 6.07) is 1.45. The summed E-state index contributed by atoms with van der Waals surface area (Å²) in [6.07, 6.45) is 5.22. The second kappa shape index (κ2) is 5.47. The Morgan fingerprint density at radius 3 is 2.84 bits per heavy atom. The van der Waals surface area contributed by atoms with Crippen LogP contribution in [0.2, 0.25) is 0 Å². The predicted molar refractivity (Wildman–Crippen MR) is 71.1 cm³/mol. The van der Waals surface area contributed by atoms with E-state index >= 15 is 0 Å². The summed E-state index contributed by atoms with van der Waals surface area (Å²) < 4.78 is 1.81. The molecule has 2 aromatic heterocycles. The average molecular weight is 261 g/mol. The maximum absolute atomic E-state index is 10.8. The molecule has 2 aromatic rings. The topological polar surface area (TPSA) is 85.9 Å². The first-order valence-electron chi connectivity index (χ1n) is 5.90. The molecule has 2 rings (SSSR count). The minimum absolute atomic E-state index is 0.0763. The van der Waals surface area contributed by atoms with E-state index in [1.54, 1.807) is 13.1 Å². The van der Waals surface area contributed by atoms with Gasteiger partial charge >= 0.3 is 0 Å². The van der Waals surface area contributed by atoms with Gasteiger partial charge in [-0.2, -0.15) is 5.10 Å². The molecule has 19 heavy (non-hydrogen) atoms. The highest BCUT2D eigenvalue weighted by Crippen LogP contribution is 2.19. The third kappa shape index (κ3) is 3.27. The van der Waals surface area contributed by atoms with Crippen molar-refractivity contribution in [3.8, 4) is 0 Å². The van der Waals surface area contributed by atoms with E-state index in [0.29, 0.717) is 24.5 Å². The van der Waals surface area contributed by atoms with Gasteiger partial charge in [0.15, 0.2) is 0 Å². The van der Waals surface area contributed by atoms with E-state index in [0.717, 1.165) is 5.56 Å². The van der Waals surface area contributed by atoms with Gasteiger partial charge in [-0.05, 0) is 19.4 Å². The second-order valence-electron chi connectivity index (χ2n) is 4.32. The van der Waals surface area contributed by atoms with E-state index < -0.39 is 4.92 Å². The minimum Gasteiger partial charge on any atom is -0.368 e. The zero-order valence-corrected chi connectivity index (χ0v) is 10.8. The molecule has 1 N–H and O–H groups in total. The van der Waals surface area contributed by atoms with E-state index in [1.807, 2.05) is 17.8 Å². The van der Waals surface area contributed by atoms with Crippen LogP contribution in [-0.4, -0.2) is 26.2 Å². The smallest absolute Gasteiger partial charge is 0.277 e. The first-order chi connectivity index (χ1) is 9.06. The molecule has 0 bridgehead atoms. The van der Waals surface area contributed by atoms with E-state index in [9.17, 15) is 10.1 Å². The van der Waals surface area contributed by atoms with Crippen LogP contribution < -0.4 is 5.32 Å². The largest absolute Gasteiger partial charge is 0.368 e. The van der Waals surface area contributed by atoms with Gasteiger partial charge in [0.25, 0.3) is 5.69 Å². The molecule has 2 heterocycles. The standard InChI is InChI=1S/C12H15N5O2/c1-9-6-15-16(8-9)4-3-13-12-5-11(17(18)19)10(2)7-14-12/h5-8H,3-4H2,1-2H3,(H,13,14). The molecular weight excluding hydrogens is 246 g/mol. The first-order valence-corrected chi connectivity index (χ1v) is 5.90. The molecule has 0 amide bonds. The zero-order chi connectivity index (χ0) is 13.8. The SMILES string of the molecule is Cc1cnn(CCNc2cc([N+](=O)[O-])c(C)cn2)c1. The zero-order valence-electron chi connectivity index (χ0n) is 10.8. The minimum atomic E-state index is -0.404. The van der Waals surface area contributed by atoms with Crippen LogP contribution in [0.4, 0.5) is 11.5 Å². The molecule has 100 valence electrons. The molecule has 0 aromatic carbocycles. The number of nitro groups is 1. The Labute approximate surface area is 110 Å². The van der Waals surface area contributed by atoms with Crippen molar-refractivity contribution in [1.82, 2.24) is 14.8 Å². The third-order valence-corrected chi connectivity index (χ3v) is 2.68. The fourth-order valence-corrected chi connectivity index (χ4v) is 1.69. The number of aryl methyl sites for hydroxylation is 2. The first kappa shape index (κ1) is 13.0. The van der Waals surface area contributed by atoms with Crippen molar-refractivity contribution >= 4 is 11.5 Å². The number of pyridine rings is 1. The van der Waals surface area contributed by atoms with Crippen LogP contribution in [0.5, 0.6) is 0 Å². The van der Waals surface area contributed by atoms with Crippen LogP contribution in [0.15, 0.2) is 24.7 Å². The number of anilines is 1. The molecule has 0 saturated carbocycles. The number of rotatable bonds is 5. The Kier molecular flexibility index (Phi) is 3.74. The van der Waals surface area contributed by atoms with Crippen LogP contribution >= 0.6 is 0 Å². The number of hydrogen-bond donors (Lipinski definition) is 1. The van der Waals surface area contributed by atoms with E-state index in [1.165, 1.54) is 12.3 Å². The van der Waals surface area contributed by atoms with Crippen LogP contribution in [0.3, 0.4) is 0 Å². The molecule has 0 spiro atoms. The van der Waals surface area contributed by atoms with Crippen molar-refractivity contribution in [1.29, 1.82) is 0 Å². The summed E-state index contributed by atoms with van der Waals surface area (Å²) in [4.78, 5) is 14.5. The van der Waals surface area contributed by atoms with Crippen molar-refractivity contribution in [2.45, 2.75) is 20.4 Å². The highest BCUT2D eigenvalue weighted by molar-refractivity contribution is 5.48. The van der Waals surface area contributed by atoms with E-state index in [4.69, 9.17) is 0 Å². The lowest BCUT2D eigenvalue weighted by Crippen LogP contribution is -2.12. The number of hydrogen-bond acceptors (Lipinski definition) is 5. The maximum atomic E-state index is 10.8. The highest BCUT2D eigenvalue weighted by atomic mass is 16.6. The molecule has 0 aliphatic heterocycles. The van der Waals surface area contributed by atoms with Gasteiger partial charge in [-0.25, -0.2) is 4.98 Å².